The molecule has 0 saturated heterocycles. The van der Waals surface area contributed by atoms with Crippen LogP contribution in [-0.4, -0.2) is 13.9 Å². The van der Waals surface area contributed by atoms with Crippen LogP contribution < -0.4 is 4.72 Å². The van der Waals surface area contributed by atoms with Gasteiger partial charge < -0.3 is 0 Å². The molecule has 0 heterocycles. The molecule has 2 aromatic carbocycles. The molecular weight excluding hydrogens is 359 g/mol. The van der Waals surface area contributed by atoms with Crippen LogP contribution in [0.15, 0.2) is 58.3 Å². The van der Waals surface area contributed by atoms with E-state index in [1.165, 1.54) is 36.4 Å². The zero-order valence-electron chi connectivity index (χ0n) is 10.8. The van der Waals surface area contributed by atoms with Crippen molar-refractivity contribution in [3.05, 3.63) is 53.6 Å². The Morgan fingerprint density at radius 1 is 1.05 bits per heavy atom. The molecule has 2 rings (SSSR count). The number of hydrogen-bond acceptors (Lipinski definition) is 3. The van der Waals surface area contributed by atoms with Crippen molar-refractivity contribution in [1.29, 1.82) is 0 Å². The van der Waals surface area contributed by atoms with E-state index in [9.17, 15) is 21.6 Å². The fourth-order valence-corrected chi connectivity index (χ4v) is 3.80. The maximum absolute atomic E-state index is 12.3. The summed E-state index contributed by atoms with van der Waals surface area (Å²) in [5.41, 5.74) is -4.42. The van der Waals surface area contributed by atoms with E-state index in [2.05, 4.69) is 4.72 Å². The van der Waals surface area contributed by atoms with E-state index < -0.39 is 15.5 Å². The van der Waals surface area contributed by atoms with Gasteiger partial charge in [0, 0.05) is 10.6 Å². The lowest BCUT2D eigenvalue weighted by atomic mass is 10.3. The zero-order valence-corrected chi connectivity index (χ0v) is 13.2. The molecule has 0 spiro atoms. The number of benzene rings is 2. The van der Waals surface area contributed by atoms with E-state index in [1.54, 1.807) is 6.07 Å². The topological polar surface area (TPSA) is 46.2 Å². The summed E-state index contributed by atoms with van der Waals surface area (Å²) in [5.74, 6) is 0. The normalized spacial score (nSPS) is 12.2. The smallest absolute Gasteiger partial charge is 0.280 e. The number of sulfonamides is 1. The molecule has 0 saturated carbocycles. The van der Waals surface area contributed by atoms with Crippen molar-refractivity contribution in [2.75, 3.05) is 4.72 Å². The summed E-state index contributed by atoms with van der Waals surface area (Å²) in [6, 6.07) is 10.8. The van der Waals surface area contributed by atoms with Gasteiger partial charge in [-0.05, 0) is 42.1 Å². The zero-order chi connectivity index (χ0) is 16.4. The number of nitrogens with one attached hydrogen (secondary N) is 1. The van der Waals surface area contributed by atoms with Gasteiger partial charge in [-0.25, -0.2) is 8.42 Å². The first-order valence-corrected chi connectivity index (χ1v) is 8.48. The van der Waals surface area contributed by atoms with Gasteiger partial charge in [0.2, 0.25) is 0 Å². The Labute approximate surface area is 134 Å². The third-order valence-corrected chi connectivity index (χ3v) is 5.05. The van der Waals surface area contributed by atoms with Crippen LogP contribution in [0.1, 0.15) is 0 Å². The maximum Gasteiger partial charge on any atom is 0.446 e. The highest BCUT2D eigenvalue weighted by Crippen LogP contribution is 2.37. The number of thioether (sulfide) groups is 1. The van der Waals surface area contributed by atoms with Crippen LogP contribution in [0.5, 0.6) is 0 Å². The van der Waals surface area contributed by atoms with Crippen LogP contribution in [0.25, 0.3) is 0 Å². The second-order valence-corrected chi connectivity index (χ2v) is 7.31. The molecule has 0 aliphatic heterocycles. The Balaban J connectivity index is 2.27. The van der Waals surface area contributed by atoms with E-state index >= 15 is 0 Å². The van der Waals surface area contributed by atoms with Gasteiger partial charge in [-0.15, -0.1) is 0 Å². The second-order valence-electron chi connectivity index (χ2n) is 4.11. The molecule has 0 atom stereocenters. The number of hydrogen-bond donors (Lipinski definition) is 1. The quantitative estimate of drug-likeness (QED) is 0.793. The third-order valence-electron chi connectivity index (χ3n) is 2.45. The fraction of sp³-hybridized carbons (Fsp3) is 0.0769. The van der Waals surface area contributed by atoms with Crippen LogP contribution in [0.4, 0.5) is 18.9 Å². The standard InChI is InChI=1S/C13H9ClF3NO2S2/c14-11-6-1-2-7-12(11)22(19,20)18-9-4-3-5-10(8-9)21-13(15,16)17/h1-8,18H. The average Bonchev–Trinajstić information content (AvgIpc) is 2.36. The molecule has 0 fully saturated rings. The van der Waals surface area contributed by atoms with Gasteiger partial charge in [0.1, 0.15) is 4.90 Å². The van der Waals surface area contributed by atoms with Crippen LogP contribution in [-0.2, 0) is 10.0 Å². The van der Waals surface area contributed by atoms with Crippen molar-refractivity contribution in [2.24, 2.45) is 0 Å². The molecule has 0 unspecified atom stereocenters. The number of anilines is 1. The van der Waals surface area contributed by atoms with Crippen LogP contribution in [0, 0.1) is 0 Å². The molecular formula is C13H9ClF3NO2S2. The molecule has 118 valence electrons. The van der Waals surface area contributed by atoms with Crippen molar-refractivity contribution in [2.45, 2.75) is 15.3 Å². The summed E-state index contributed by atoms with van der Waals surface area (Å²) < 4.78 is 63.6. The summed E-state index contributed by atoms with van der Waals surface area (Å²) in [6.07, 6.45) is 0. The van der Waals surface area contributed by atoms with Crippen molar-refractivity contribution in [1.82, 2.24) is 0 Å². The Bertz CT molecular complexity index is 779. The summed E-state index contributed by atoms with van der Waals surface area (Å²) in [4.78, 5) is -0.266. The molecule has 9 heteroatoms. The van der Waals surface area contributed by atoms with Gasteiger partial charge in [0.25, 0.3) is 10.0 Å². The predicted octanol–water partition coefficient (Wildman–Crippen LogP) is 4.75. The largest absolute Gasteiger partial charge is 0.446 e. The summed E-state index contributed by atoms with van der Waals surface area (Å²) in [6.45, 7) is 0. The van der Waals surface area contributed by atoms with Gasteiger partial charge >= 0.3 is 5.51 Å². The molecule has 0 radical (unpaired) electrons. The fourth-order valence-electron chi connectivity index (χ4n) is 1.63. The summed E-state index contributed by atoms with van der Waals surface area (Å²) >= 11 is 5.50. The van der Waals surface area contributed by atoms with Gasteiger partial charge in [-0.3, -0.25) is 4.72 Å². The Morgan fingerprint density at radius 3 is 2.36 bits per heavy atom. The average molecular weight is 368 g/mol. The van der Waals surface area contributed by atoms with E-state index in [0.717, 1.165) is 6.07 Å². The van der Waals surface area contributed by atoms with Gasteiger partial charge in [-0.1, -0.05) is 29.8 Å². The van der Waals surface area contributed by atoms with Crippen molar-refractivity contribution in [3.8, 4) is 0 Å². The predicted molar refractivity (Wildman–Crippen MR) is 80.6 cm³/mol. The number of rotatable bonds is 4. The van der Waals surface area contributed by atoms with E-state index in [1.807, 2.05) is 0 Å². The monoisotopic (exact) mass is 367 g/mol. The lowest BCUT2D eigenvalue weighted by Gasteiger charge is -2.11. The molecule has 0 aliphatic carbocycles. The SMILES string of the molecule is O=S(=O)(Nc1cccc(SC(F)(F)F)c1)c1ccccc1Cl. The first-order valence-electron chi connectivity index (χ1n) is 5.80. The summed E-state index contributed by atoms with van der Waals surface area (Å²) in [5, 5.41) is 0.0239. The maximum atomic E-state index is 12.3. The second kappa shape index (κ2) is 6.39. The van der Waals surface area contributed by atoms with Crippen LogP contribution in [0.2, 0.25) is 5.02 Å². The minimum Gasteiger partial charge on any atom is -0.280 e. The Hall–Kier alpha value is -1.38. The Kier molecular flexibility index (Phi) is 4.93. The first kappa shape index (κ1) is 17.0. The molecule has 0 aromatic heterocycles. The minimum absolute atomic E-state index is 0.0224. The molecule has 0 bridgehead atoms. The van der Waals surface area contributed by atoms with Crippen molar-refractivity contribution >= 4 is 39.1 Å². The number of halogens is 4. The first-order chi connectivity index (χ1) is 10.2. The lowest BCUT2D eigenvalue weighted by Crippen LogP contribution is -2.13. The van der Waals surface area contributed by atoms with Gasteiger partial charge in [-0.2, -0.15) is 13.2 Å². The highest BCUT2D eigenvalue weighted by Gasteiger charge is 2.29. The molecule has 3 nitrogen and oxygen atoms in total. The number of alkyl halides is 3. The van der Waals surface area contributed by atoms with E-state index in [0.29, 0.717) is 0 Å². The molecule has 0 amide bonds. The molecule has 0 aliphatic rings. The molecule has 22 heavy (non-hydrogen) atoms. The minimum atomic E-state index is -4.44. The van der Waals surface area contributed by atoms with E-state index in [4.69, 9.17) is 11.6 Å². The van der Waals surface area contributed by atoms with E-state index in [-0.39, 0.29) is 32.3 Å². The molecule has 2 aromatic rings. The van der Waals surface area contributed by atoms with Crippen LogP contribution in [0.3, 0.4) is 0 Å². The van der Waals surface area contributed by atoms with Crippen molar-refractivity contribution in [3.63, 3.8) is 0 Å². The van der Waals surface area contributed by atoms with Crippen molar-refractivity contribution < 1.29 is 21.6 Å². The van der Waals surface area contributed by atoms with Crippen LogP contribution >= 0.6 is 23.4 Å². The highest BCUT2D eigenvalue weighted by atomic mass is 35.5. The third kappa shape index (κ3) is 4.56. The highest BCUT2D eigenvalue weighted by molar-refractivity contribution is 8.00. The van der Waals surface area contributed by atoms with Gasteiger partial charge in [0.15, 0.2) is 0 Å². The Morgan fingerprint density at radius 2 is 1.73 bits per heavy atom. The van der Waals surface area contributed by atoms with Gasteiger partial charge in [0.05, 0.1) is 5.02 Å². The summed E-state index contributed by atoms with van der Waals surface area (Å²) in [7, 11) is -3.98. The molecule has 1 N–H and O–H groups in total. The lowest BCUT2D eigenvalue weighted by molar-refractivity contribution is -0.0328.